The molecule has 0 aliphatic carbocycles. The lowest BCUT2D eigenvalue weighted by Gasteiger charge is -2.15. The molecule has 5 aromatic rings. The van der Waals surface area contributed by atoms with Gasteiger partial charge in [-0.15, -0.1) is 0 Å². The fraction of sp³-hybridized carbons (Fsp3) is 0.0741. The van der Waals surface area contributed by atoms with Crippen molar-refractivity contribution >= 4 is 34.3 Å². The molecule has 0 atom stereocenters. The minimum Gasteiger partial charge on any atom is -0.382 e. The number of hydrogen-bond donors (Lipinski definition) is 4. The second-order valence-electron chi connectivity index (χ2n) is 8.65. The highest BCUT2D eigenvalue weighted by atomic mass is 19.4. The third-order valence-corrected chi connectivity index (χ3v) is 6.00. The Labute approximate surface area is 223 Å². The molecule has 0 unspecified atom stereocenters. The van der Waals surface area contributed by atoms with E-state index in [0.29, 0.717) is 29.1 Å². The van der Waals surface area contributed by atoms with Crippen molar-refractivity contribution in [3.63, 3.8) is 0 Å². The highest BCUT2D eigenvalue weighted by Crippen LogP contribution is 2.31. The first-order valence-electron chi connectivity index (χ1n) is 11.6. The number of aromatic nitrogens is 4. The van der Waals surface area contributed by atoms with E-state index in [1.807, 2.05) is 18.2 Å². The number of nitrogens with zero attached hydrogens (tertiary/aromatic N) is 4. The van der Waals surface area contributed by atoms with Crippen LogP contribution in [0.5, 0.6) is 0 Å². The van der Waals surface area contributed by atoms with Gasteiger partial charge in [0.25, 0.3) is 5.91 Å². The van der Waals surface area contributed by atoms with Crippen molar-refractivity contribution in [1.82, 2.24) is 20.2 Å². The standard InChI is InChI=1S/C27H18F4N8O/c28-19-5-6-22(16(7-19)10-32)37-26(40)21-9-18(27(29,30)31)13-36-24(21)34-11-14-1-3-15(4-2-14)17-8-20-23(33)38-39-25(20)35-12-17/h1-9,12-13H,11H2,(H,34,36)(H,37,40)(H3,33,35,38,39). The van der Waals surface area contributed by atoms with Gasteiger partial charge in [0.05, 0.1) is 27.8 Å². The number of H-pyrrole nitrogens is 1. The van der Waals surface area contributed by atoms with Gasteiger partial charge in [-0.25, -0.2) is 14.4 Å². The van der Waals surface area contributed by atoms with E-state index in [2.05, 4.69) is 30.8 Å². The molecule has 1 amide bonds. The van der Waals surface area contributed by atoms with Crippen LogP contribution in [0.2, 0.25) is 0 Å². The second-order valence-corrected chi connectivity index (χ2v) is 8.65. The van der Waals surface area contributed by atoms with Crippen LogP contribution in [0.4, 0.5) is 34.9 Å². The van der Waals surface area contributed by atoms with Crippen molar-refractivity contribution < 1.29 is 22.4 Å². The SMILES string of the molecule is N#Cc1cc(F)ccc1NC(=O)c1cc(C(F)(F)F)cnc1NCc1ccc(-c2cnc3[nH]nc(N)c3c2)cc1. The first-order chi connectivity index (χ1) is 19.1. The maximum atomic E-state index is 13.5. The Bertz CT molecular complexity index is 1770. The van der Waals surface area contributed by atoms with Gasteiger partial charge >= 0.3 is 6.18 Å². The fourth-order valence-electron chi connectivity index (χ4n) is 3.92. The number of nitrogens with one attached hydrogen (secondary N) is 3. The summed E-state index contributed by atoms with van der Waals surface area (Å²) in [7, 11) is 0. The van der Waals surface area contributed by atoms with E-state index in [1.54, 1.807) is 24.4 Å². The maximum absolute atomic E-state index is 13.5. The average Bonchev–Trinajstić information content (AvgIpc) is 3.32. The molecule has 0 saturated carbocycles. The molecule has 40 heavy (non-hydrogen) atoms. The molecule has 9 nitrogen and oxygen atoms in total. The number of amides is 1. The summed E-state index contributed by atoms with van der Waals surface area (Å²) in [4.78, 5) is 21.1. The van der Waals surface area contributed by atoms with Crippen LogP contribution >= 0.6 is 0 Å². The summed E-state index contributed by atoms with van der Waals surface area (Å²) >= 11 is 0. The van der Waals surface area contributed by atoms with Crippen LogP contribution in [0.3, 0.4) is 0 Å². The van der Waals surface area contributed by atoms with Gasteiger partial charge in [-0.1, -0.05) is 24.3 Å². The zero-order valence-corrected chi connectivity index (χ0v) is 20.3. The molecule has 5 N–H and O–H groups in total. The molecule has 3 aromatic heterocycles. The molecule has 0 radical (unpaired) electrons. The summed E-state index contributed by atoms with van der Waals surface area (Å²) < 4.78 is 53.6. The second kappa shape index (κ2) is 10.3. The van der Waals surface area contributed by atoms with Crippen LogP contribution in [0.15, 0.2) is 67.0 Å². The molecular weight excluding hydrogens is 528 g/mol. The highest BCUT2D eigenvalue weighted by molar-refractivity contribution is 6.08. The number of fused-ring (bicyclic) bond motifs is 1. The van der Waals surface area contributed by atoms with Gasteiger partial charge in [0.2, 0.25) is 0 Å². The Morgan fingerprint density at radius 2 is 1.80 bits per heavy atom. The molecule has 13 heteroatoms. The van der Waals surface area contributed by atoms with Crippen molar-refractivity contribution in [3.8, 4) is 17.2 Å². The number of carbonyl (C=O) groups is 1. The minimum absolute atomic E-state index is 0.0577. The van der Waals surface area contributed by atoms with E-state index in [-0.39, 0.29) is 23.6 Å². The Balaban J connectivity index is 1.37. The lowest BCUT2D eigenvalue weighted by Crippen LogP contribution is -2.18. The summed E-state index contributed by atoms with van der Waals surface area (Å²) in [5.41, 5.74) is 7.04. The molecule has 2 aromatic carbocycles. The first kappa shape index (κ1) is 26.1. The molecule has 0 aliphatic heterocycles. The number of carbonyl (C=O) groups excluding carboxylic acids is 1. The Hall–Kier alpha value is -5.51. The van der Waals surface area contributed by atoms with Crippen LogP contribution in [0.25, 0.3) is 22.2 Å². The van der Waals surface area contributed by atoms with Crippen molar-refractivity contribution in [2.24, 2.45) is 0 Å². The van der Waals surface area contributed by atoms with Gasteiger partial charge in [0.1, 0.15) is 17.7 Å². The van der Waals surface area contributed by atoms with E-state index in [4.69, 9.17) is 5.73 Å². The van der Waals surface area contributed by atoms with Crippen LogP contribution in [-0.2, 0) is 12.7 Å². The number of benzene rings is 2. The zero-order valence-electron chi connectivity index (χ0n) is 20.3. The first-order valence-corrected chi connectivity index (χ1v) is 11.6. The molecular formula is C27H18F4N8O. The Morgan fingerprint density at radius 1 is 1.02 bits per heavy atom. The molecule has 0 saturated heterocycles. The number of nitrogens with two attached hydrogens (primary N) is 1. The van der Waals surface area contributed by atoms with Gasteiger partial charge in [-0.3, -0.25) is 9.89 Å². The predicted octanol–water partition coefficient (Wildman–Crippen LogP) is 5.50. The summed E-state index contributed by atoms with van der Waals surface area (Å²) in [5, 5.41) is 21.8. The number of rotatable bonds is 6. The predicted molar refractivity (Wildman–Crippen MR) is 139 cm³/mol. The number of nitriles is 1. The Kier molecular flexibility index (Phi) is 6.75. The fourth-order valence-corrected chi connectivity index (χ4v) is 3.92. The molecule has 3 heterocycles. The summed E-state index contributed by atoms with van der Waals surface area (Å²) in [5.74, 6) is -1.44. The van der Waals surface area contributed by atoms with Gasteiger partial charge in [0.15, 0.2) is 11.5 Å². The van der Waals surface area contributed by atoms with Crippen molar-refractivity contribution in [1.29, 1.82) is 5.26 Å². The van der Waals surface area contributed by atoms with Gasteiger partial charge in [-0.2, -0.15) is 23.5 Å². The minimum atomic E-state index is -4.75. The van der Waals surface area contributed by atoms with Gasteiger partial charge in [0, 0.05) is 24.5 Å². The molecule has 200 valence electrons. The number of hydrogen-bond acceptors (Lipinski definition) is 7. The number of pyridine rings is 2. The topological polar surface area (TPSA) is 145 Å². The molecule has 5 rings (SSSR count). The molecule has 0 spiro atoms. The quantitative estimate of drug-likeness (QED) is 0.206. The van der Waals surface area contributed by atoms with Crippen LogP contribution in [0.1, 0.15) is 27.0 Å². The van der Waals surface area contributed by atoms with Gasteiger partial charge < -0.3 is 16.4 Å². The highest BCUT2D eigenvalue weighted by Gasteiger charge is 2.32. The number of anilines is 3. The zero-order chi connectivity index (χ0) is 28.4. The smallest absolute Gasteiger partial charge is 0.382 e. The third-order valence-electron chi connectivity index (χ3n) is 6.00. The largest absolute Gasteiger partial charge is 0.417 e. The van der Waals surface area contributed by atoms with Crippen LogP contribution in [0, 0.1) is 17.1 Å². The number of halogens is 4. The molecule has 0 aliphatic rings. The molecule has 0 bridgehead atoms. The van der Waals surface area contributed by atoms with Crippen molar-refractivity contribution in [2.75, 3.05) is 16.4 Å². The van der Waals surface area contributed by atoms with Crippen molar-refractivity contribution in [3.05, 3.63) is 95.1 Å². The van der Waals surface area contributed by atoms with Crippen molar-refractivity contribution in [2.45, 2.75) is 12.7 Å². The number of alkyl halides is 3. The normalized spacial score (nSPS) is 11.3. The maximum Gasteiger partial charge on any atom is 0.417 e. The van der Waals surface area contributed by atoms with E-state index in [9.17, 15) is 27.6 Å². The Morgan fingerprint density at radius 3 is 2.52 bits per heavy atom. The lowest BCUT2D eigenvalue weighted by molar-refractivity contribution is -0.137. The van der Waals surface area contributed by atoms with Gasteiger partial charge in [-0.05, 0) is 41.5 Å². The molecule has 0 fully saturated rings. The van der Waals surface area contributed by atoms with E-state index in [1.165, 1.54) is 0 Å². The monoisotopic (exact) mass is 546 g/mol. The van der Waals surface area contributed by atoms with E-state index >= 15 is 0 Å². The van der Waals surface area contributed by atoms with Crippen LogP contribution < -0.4 is 16.4 Å². The van der Waals surface area contributed by atoms with E-state index < -0.39 is 29.0 Å². The lowest BCUT2D eigenvalue weighted by atomic mass is 10.0. The number of nitrogen functional groups attached to an aromatic ring is 1. The van der Waals surface area contributed by atoms with Crippen LogP contribution in [-0.4, -0.2) is 26.1 Å². The third kappa shape index (κ3) is 5.37. The van der Waals surface area contributed by atoms with E-state index in [0.717, 1.165) is 34.9 Å². The summed E-state index contributed by atoms with van der Waals surface area (Å²) in [6.45, 7) is 0.130. The average molecular weight is 546 g/mol. The number of aromatic amines is 1. The summed E-state index contributed by atoms with van der Waals surface area (Å²) in [6, 6.07) is 14.6. The summed E-state index contributed by atoms with van der Waals surface area (Å²) in [6.07, 6.45) is -2.46.